The standard InChI is InChI=1S/C16H21F4N3O2/c1-2-7-23(12-5-6-21-9-12)14(24)11-3-4-13(22-8-11)25-10-16(19,20)15(17)18/h3-4,8,12,15,21H,2,5-7,9-10H2,1H3. The Hall–Kier alpha value is -1.90. The number of carbonyl (C=O) groups excluding carboxylic acids is 1. The number of alkyl halides is 4. The molecule has 1 N–H and O–H groups in total. The number of nitrogens with zero attached hydrogens (tertiary/aromatic N) is 2. The Balaban J connectivity index is 2.01. The summed E-state index contributed by atoms with van der Waals surface area (Å²) >= 11 is 0. The molecule has 1 aromatic heterocycles. The number of ether oxygens (including phenoxy) is 1. The van der Waals surface area contributed by atoms with Crippen LogP contribution in [-0.2, 0) is 0 Å². The van der Waals surface area contributed by atoms with Crippen LogP contribution >= 0.6 is 0 Å². The zero-order valence-electron chi connectivity index (χ0n) is 13.9. The normalized spacial score (nSPS) is 17.8. The zero-order chi connectivity index (χ0) is 18.4. The van der Waals surface area contributed by atoms with E-state index in [0.29, 0.717) is 12.1 Å². The van der Waals surface area contributed by atoms with E-state index in [9.17, 15) is 22.4 Å². The van der Waals surface area contributed by atoms with Gasteiger partial charge in [0.25, 0.3) is 5.91 Å². The first-order chi connectivity index (χ1) is 11.8. The van der Waals surface area contributed by atoms with Crippen LogP contribution in [0.1, 0.15) is 30.1 Å². The van der Waals surface area contributed by atoms with Crippen molar-refractivity contribution in [3.8, 4) is 5.88 Å². The fourth-order valence-electron chi connectivity index (χ4n) is 2.59. The first-order valence-corrected chi connectivity index (χ1v) is 8.11. The van der Waals surface area contributed by atoms with E-state index >= 15 is 0 Å². The van der Waals surface area contributed by atoms with Gasteiger partial charge < -0.3 is 15.0 Å². The van der Waals surface area contributed by atoms with Gasteiger partial charge in [-0.25, -0.2) is 13.8 Å². The molecule has 0 saturated carbocycles. The van der Waals surface area contributed by atoms with Crippen molar-refractivity contribution >= 4 is 5.91 Å². The first kappa shape index (κ1) is 19.4. The third kappa shape index (κ3) is 5.04. The summed E-state index contributed by atoms with van der Waals surface area (Å²) in [5.41, 5.74) is 0.299. The predicted octanol–water partition coefficient (Wildman–Crippen LogP) is 2.57. The molecule has 1 fully saturated rings. The summed E-state index contributed by atoms with van der Waals surface area (Å²) in [5, 5.41) is 3.20. The number of rotatable bonds is 8. The van der Waals surface area contributed by atoms with Crippen LogP contribution < -0.4 is 10.1 Å². The maximum atomic E-state index is 12.8. The molecule has 1 saturated heterocycles. The van der Waals surface area contributed by atoms with Crippen LogP contribution in [0.3, 0.4) is 0 Å². The SMILES string of the molecule is CCCN(C(=O)c1ccc(OCC(F)(F)C(F)F)nc1)C1CCNC1. The van der Waals surface area contributed by atoms with Gasteiger partial charge in [-0.15, -0.1) is 0 Å². The maximum absolute atomic E-state index is 12.8. The summed E-state index contributed by atoms with van der Waals surface area (Å²) in [7, 11) is 0. The Kier molecular flexibility index (Phi) is 6.57. The van der Waals surface area contributed by atoms with Crippen molar-refractivity contribution in [3.05, 3.63) is 23.9 Å². The second kappa shape index (κ2) is 8.46. The second-order valence-corrected chi connectivity index (χ2v) is 5.88. The summed E-state index contributed by atoms with van der Waals surface area (Å²) in [6.07, 6.45) is -0.928. The molecule has 140 valence electrons. The molecule has 2 heterocycles. The van der Waals surface area contributed by atoms with Gasteiger partial charge in [0.1, 0.15) is 0 Å². The highest BCUT2D eigenvalue weighted by Gasteiger charge is 2.41. The van der Waals surface area contributed by atoms with Crippen LogP contribution in [0.4, 0.5) is 17.6 Å². The number of carbonyl (C=O) groups is 1. The number of aromatic nitrogens is 1. The average Bonchev–Trinajstić information content (AvgIpc) is 3.12. The molecular weight excluding hydrogens is 342 g/mol. The molecule has 5 nitrogen and oxygen atoms in total. The molecule has 9 heteroatoms. The van der Waals surface area contributed by atoms with E-state index in [2.05, 4.69) is 15.0 Å². The fraction of sp³-hybridized carbons (Fsp3) is 0.625. The van der Waals surface area contributed by atoms with Gasteiger partial charge in [-0.05, 0) is 25.5 Å². The molecule has 1 amide bonds. The van der Waals surface area contributed by atoms with Gasteiger partial charge in [-0.2, -0.15) is 8.78 Å². The Morgan fingerprint density at radius 3 is 2.76 bits per heavy atom. The number of nitrogens with one attached hydrogen (secondary N) is 1. The monoisotopic (exact) mass is 363 g/mol. The van der Waals surface area contributed by atoms with Gasteiger partial charge in [0, 0.05) is 31.4 Å². The molecule has 0 spiro atoms. The predicted molar refractivity (Wildman–Crippen MR) is 83.3 cm³/mol. The minimum absolute atomic E-state index is 0.105. The summed E-state index contributed by atoms with van der Waals surface area (Å²) < 4.78 is 54.4. The Bertz CT molecular complexity index is 563. The Morgan fingerprint density at radius 2 is 2.24 bits per heavy atom. The molecule has 0 bridgehead atoms. The van der Waals surface area contributed by atoms with Crippen molar-refractivity contribution in [1.29, 1.82) is 0 Å². The van der Waals surface area contributed by atoms with E-state index in [-0.39, 0.29) is 17.8 Å². The van der Waals surface area contributed by atoms with Crippen LogP contribution in [0.15, 0.2) is 18.3 Å². The lowest BCUT2D eigenvalue weighted by Crippen LogP contribution is -2.42. The molecule has 1 aliphatic rings. The van der Waals surface area contributed by atoms with Crippen molar-refractivity contribution in [2.45, 2.75) is 38.2 Å². The first-order valence-electron chi connectivity index (χ1n) is 8.11. The van der Waals surface area contributed by atoms with Crippen molar-refractivity contribution in [2.75, 3.05) is 26.2 Å². The smallest absolute Gasteiger partial charge is 0.340 e. The lowest BCUT2D eigenvalue weighted by atomic mass is 10.1. The van der Waals surface area contributed by atoms with Crippen LogP contribution in [-0.4, -0.2) is 60.4 Å². The van der Waals surface area contributed by atoms with Gasteiger partial charge >= 0.3 is 12.3 Å². The molecule has 1 aliphatic heterocycles. The summed E-state index contributed by atoms with van der Waals surface area (Å²) in [6.45, 7) is 2.68. The fourth-order valence-corrected chi connectivity index (χ4v) is 2.59. The molecule has 25 heavy (non-hydrogen) atoms. The summed E-state index contributed by atoms with van der Waals surface area (Å²) in [4.78, 5) is 18.2. The third-order valence-corrected chi connectivity index (χ3v) is 3.92. The number of halogens is 4. The van der Waals surface area contributed by atoms with E-state index in [4.69, 9.17) is 0 Å². The number of amides is 1. The number of hydrogen-bond donors (Lipinski definition) is 1. The minimum Gasteiger partial charge on any atom is -0.471 e. The highest BCUT2D eigenvalue weighted by molar-refractivity contribution is 5.94. The topological polar surface area (TPSA) is 54.5 Å². The van der Waals surface area contributed by atoms with Gasteiger partial charge in [0.15, 0.2) is 6.61 Å². The molecule has 0 radical (unpaired) electrons. The number of pyridine rings is 1. The molecular formula is C16H21F4N3O2. The van der Waals surface area contributed by atoms with Crippen LogP contribution in [0.2, 0.25) is 0 Å². The molecule has 1 unspecified atom stereocenters. The van der Waals surface area contributed by atoms with Gasteiger partial charge in [-0.1, -0.05) is 6.92 Å². The van der Waals surface area contributed by atoms with Crippen molar-refractivity contribution < 1.29 is 27.1 Å². The lowest BCUT2D eigenvalue weighted by Gasteiger charge is -2.28. The molecule has 1 atom stereocenters. The van der Waals surface area contributed by atoms with Crippen molar-refractivity contribution in [1.82, 2.24) is 15.2 Å². The van der Waals surface area contributed by atoms with Crippen molar-refractivity contribution in [2.24, 2.45) is 0 Å². The highest BCUT2D eigenvalue weighted by Crippen LogP contribution is 2.24. The van der Waals surface area contributed by atoms with E-state index in [1.54, 1.807) is 4.90 Å². The minimum atomic E-state index is -4.25. The van der Waals surface area contributed by atoms with E-state index in [1.807, 2.05) is 6.92 Å². The molecule has 0 aliphatic carbocycles. The maximum Gasteiger partial charge on any atom is 0.340 e. The highest BCUT2D eigenvalue weighted by atomic mass is 19.3. The summed E-state index contributed by atoms with van der Waals surface area (Å²) in [5.74, 6) is -4.68. The molecule has 2 rings (SSSR count). The Labute approximate surface area is 143 Å². The second-order valence-electron chi connectivity index (χ2n) is 5.88. The largest absolute Gasteiger partial charge is 0.471 e. The van der Waals surface area contributed by atoms with Gasteiger partial charge in [-0.3, -0.25) is 4.79 Å². The van der Waals surface area contributed by atoms with E-state index < -0.39 is 19.0 Å². The van der Waals surface area contributed by atoms with Crippen molar-refractivity contribution in [3.63, 3.8) is 0 Å². The molecule has 1 aromatic rings. The Morgan fingerprint density at radius 1 is 1.48 bits per heavy atom. The average molecular weight is 363 g/mol. The summed E-state index contributed by atoms with van der Waals surface area (Å²) in [6, 6.07) is 2.73. The van der Waals surface area contributed by atoms with E-state index in [0.717, 1.165) is 25.9 Å². The number of hydrogen-bond acceptors (Lipinski definition) is 4. The zero-order valence-corrected chi connectivity index (χ0v) is 13.9. The van der Waals surface area contributed by atoms with E-state index in [1.165, 1.54) is 18.3 Å². The van der Waals surface area contributed by atoms with Gasteiger partial charge in [0.2, 0.25) is 5.88 Å². The van der Waals surface area contributed by atoms with Gasteiger partial charge in [0.05, 0.1) is 5.56 Å². The molecule has 0 aromatic carbocycles. The lowest BCUT2D eigenvalue weighted by molar-refractivity contribution is -0.148. The third-order valence-electron chi connectivity index (χ3n) is 3.92. The van der Waals surface area contributed by atoms with Crippen LogP contribution in [0.5, 0.6) is 5.88 Å². The quantitative estimate of drug-likeness (QED) is 0.722. The van der Waals surface area contributed by atoms with Crippen LogP contribution in [0.25, 0.3) is 0 Å². The van der Waals surface area contributed by atoms with Crippen LogP contribution in [0, 0.1) is 0 Å².